The lowest BCUT2D eigenvalue weighted by atomic mass is 9.96. The number of ether oxygens (including phenoxy) is 2. The van der Waals surface area contributed by atoms with E-state index in [-0.39, 0.29) is 38.4 Å². The average Bonchev–Trinajstić information content (AvgIpc) is 3.69. The number of rotatable bonds is 18. The van der Waals surface area contributed by atoms with Gasteiger partial charge in [-0.2, -0.15) is 0 Å². The number of imidazole rings is 1. The maximum Gasteiger partial charge on any atom is 0.408 e. The van der Waals surface area contributed by atoms with Crippen LogP contribution in [0.1, 0.15) is 49.1 Å². The van der Waals surface area contributed by atoms with Gasteiger partial charge in [-0.1, -0.05) is 117 Å². The Balaban J connectivity index is 1.32. The molecule has 0 fully saturated rings. The van der Waals surface area contributed by atoms with Crippen molar-refractivity contribution >= 4 is 34.6 Å². The molecular formula is C42H47N5O7. The second kappa shape index (κ2) is 19.7. The number of nitrogens with one attached hydrogen (secondary N) is 4. The molecule has 54 heavy (non-hydrogen) atoms. The number of H-pyrrole nitrogens is 1. The van der Waals surface area contributed by atoms with Crippen LogP contribution in [0.25, 0.3) is 10.8 Å². The first-order valence-corrected chi connectivity index (χ1v) is 18.0. The number of carbonyl (C=O) groups excluding carboxylic acids is 4. The van der Waals surface area contributed by atoms with Crippen LogP contribution in [0, 0.1) is 5.92 Å². The molecule has 5 aromatic rings. The molecule has 0 aliphatic carbocycles. The van der Waals surface area contributed by atoms with E-state index in [1.807, 2.05) is 117 Å². The zero-order valence-electron chi connectivity index (χ0n) is 30.4. The van der Waals surface area contributed by atoms with Gasteiger partial charge >= 0.3 is 12.1 Å². The number of aromatic nitrogens is 2. The first-order valence-electron chi connectivity index (χ1n) is 18.0. The van der Waals surface area contributed by atoms with E-state index in [4.69, 9.17) is 9.47 Å². The van der Waals surface area contributed by atoms with E-state index in [1.54, 1.807) is 6.20 Å². The van der Waals surface area contributed by atoms with Gasteiger partial charge < -0.3 is 35.5 Å². The van der Waals surface area contributed by atoms with Crippen LogP contribution in [0.5, 0.6) is 0 Å². The third-order valence-corrected chi connectivity index (χ3v) is 8.87. The molecule has 12 heteroatoms. The van der Waals surface area contributed by atoms with Crippen LogP contribution in [-0.2, 0) is 49.9 Å². The third kappa shape index (κ3) is 12.0. The van der Waals surface area contributed by atoms with Crippen molar-refractivity contribution in [1.82, 2.24) is 25.9 Å². The summed E-state index contributed by atoms with van der Waals surface area (Å²) in [4.78, 5) is 61.1. The molecule has 0 saturated heterocycles. The minimum absolute atomic E-state index is 0.000497. The summed E-state index contributed by atoms with van der Waals surface area (Å²) in [6, 6.07) is 28.7. The number of aliphatic hydroxyl groups is 1. The quantitative estimate of drug-likeness (QED) is 0.0770. The second-order valence-corrected chi connectivity index (χ2v) is 13.6. The predicted octanol–water partition coefficient (Wildman–Crippen LogP) is 5.15. The van der Waals surface area contributed by atoms with Gasteiger partial charge in [0.2, 0.25) is 11.8 Å². The van der Waals surface area contributed by atoms with E-state index in [9.17, 15) is 24.3 Å². The van der Waals surface area contributed by atoms with E-state index < -0.39 is 48.1 Å². The Hall–Kier alpha value is -6.01. The highest BCUT2D eigenvalue weighted by atomic mass is 16.5. The lowest BCUT2D eigenvalue weighted by Crippen LogP contribution is -2.57. The van der Waals surface area contributed by atoms with Gasteiger partial charge in [-0.3, -0.25) is 14.4 Å². The molecule has 3 amide bonds. The van der Waals surface area contributed by atoms with Gasteiger partial charge in [0.15, 0.2) is 0 Å². The number of aliphatic hydroxyl groups excluding tert-OH is 1. The van der Waals surface area contributed by atoms with E-state index in [0.717, 1.165) is 27.5 Å². The van der Waals surface area contributed by atoms with Gasteiger partial charge in [-0.05, 0) is 39.8 Å². The zero-order valence-corrected chi connectivity index (χ0v) is 30.4. The number of carbonyl (C=O) groups is 4. The van der Waals surface area contributed by atoms with E-state index >= 15 is 0 Å². The SMILES string of the molecule is CC(C)C[C@H](NC(=O)[C@H](Cc1cnc[nH]1)NC(=O)[C@H](Cc1cccc2ccccc12)NC(=O)OCc1ccccc1)[C@@H](O)CC(=O)OCc1ccccc1. The summed E-state index contributed by atoms with van der Waals surface area (Å²) in [7, 11) is 0. The fraction of sp³-hybridized carbons (Fsp3) is 0.310. The van der Waals surface area contributed by atoms with Gasteiger partial charge in [0.1, 0.15) is 25.3 Å². The van der Waals surface area contributed by atoms with Crippen molar-refractivity contribution in [3.05, 3.63) is 138 Å². The number of hydrogen-bond acceptors (Lipinski definition) is 8. The van der Waals surface area contributed by atoms with Crippen molar-refractivity contribution in [2.75, 3.05) is 0 Å². The Morgan fingerprint density at radius 3 is 2.00 bits per heavy atom. The summed E-state index contributed by atoms with van der Waals surface area (Å²) >= 11 is 0. The number of benzene rings is 4. The van der Waals surface area contributed by atoms with E-state index in [1.165, 1.54) is 6.33 Å². The number of hydrogen-bond donors (Lipinski definition) is 5. The van der Waals surface area contributed by atoms with Crippen LogP contribution in [0.15, 0.2) is 116 Å². The Morgan fingerprint density at radius 1 is 0.722 bits per heavy atom. The Kier molecular flexibility index (Phi) is 14.3. The van der Waals surface area contributed by atoms with Gasteiger partial charge in [0, 0.05) is 24.7 Å². The highest BCUT2D eigenvalue weighted by molar-refractivity contribution is 5.93. The van der Waals surface area contributed by atoms with Crippen LogP contribution in [-0.4, -0.2) is 63.2 Å². The highest BCUT2D eigenvalue weighted by Gasteiger charge is 2.32. The van der Waals surface area contributed by atoms with Crippen molar-refractivity contribution in [2.24, 2.45) is 5.92 Å². The fourth-order valence-corrected chi connectivity index (χ4v) is 6.12. The molecule has 0 radical (unpaired) electrons. The molecule has 0 unspecified atom stereocenters. The normalized spacial score (nSPS) is 13.3. The number of aromatic amines is 1. The summed E-state index contributed by atoms with van der Waals surface area (Å²) in [6.07, 6.45) is 1.09. The maximum absolute atomic E-state index is 14.2. The first kappa shape index (κ1) is 39.2. The molecule has 5 N–H and O–H groups in total. The van der Waals surface area contributed by atoms with Gasteiger partial charge in [-0.15, -0.1) is 0 Å². The number of amides is 3. The van der Waals surface area contributed by atoms with Crippen LogP contribution in [0.2, 0.25) is 0 Å². The van der Waals surface area contributed by atoms with E-state index in [2.05, 4.69) is 25.9 Å². The summed E-state index contributed by atoms with van der Waals surface area (Å²) < 4.78 is 10.9. The summed E-state index contributed by atoms with van der Waals surface area (Å²) in [5.74, 6) is -1.78. The molecule has 0 aliphatic rings. The summed E-state index contributed by atoms with van der Waals surface area (Å²) in [6.45, 7) is 3.92. The number of fused-ring (bicyclic) bond motifs is 1. The van der Waals surface area contributed by atoms with Gasteiger partial charge in [-0.25, -0.2) is 9.78 Å². The molecule has 0 saturated carbocycles. The molecular weight excluding hydrogens is 686 g/mol. The van der Waals surface area contributed by atoms with Gasteiger partial charge in [0.25, 0.3) is 0 Å². The van der Waals surface area contributed by atoms with Crippen molar-refractivity contribution in [3.63, 3.8) is 0 Å². The van der Waals surface area contributed by atoms with Crippen LogP contribution in [0.4, 0.5) is 4.79 Å². The molecule has 1 heterocycles. The van der Waals surface area contributed by atoms with Crippen LogP contribution < -0.4 is 16.0 Å². The molecule has 1 aromatic heterocycles. The lowest BCUT2D eigenvalue weighted by molar-refractivity contribution is -0.148. The Morgan fingerprint density at radius 2 is 1.33 bits per heavy atom. The molecule has 0 bridgehead atoms. The smallest absolute Gasteiger partial charge is 0.408 e. The van der Waals surface area contributed by atoms with Gasteiger partial charge in [0.05, 0.1) is 24.9 Å². The molecule has 0 spiro atoms. The summed E-state index contributed by atoms with van der Waals surface area (Å²) in [5, 5.41) is 21.5. The van der Waals surface area contributed by atoms with E-state index in [0.29, 0.717) is 12.1 Å². The molecule has 4 aromatic carbocycles. The Bertz CT molecular complexity index is 1950. The van der Waals surface area contributed by atoms with Crippen molar-refractivity contribution in [3.8, 4) is 0 Å². The number of esters is 1. The van der Waals surface area contributed by atoms with Crippen LogP contribution in [0.3, 0.4) is 0 Å². The molecule has 0 aliphatic heterocycles. The van der Waals surface area contributed by atoms with Crippen molar-refractivity contribution in [1.29, 1.82) is 0 Å². The Labute approximate surface area is 314 Å². The first-order chi connectivity index (χ1) is 26.1. The topological polar surface area (TPSA) is 172 Å². The predicted molar refractivity (Wildman–Crippen MR) is 204 cm³/mol. The molecule has 4 atom stereocenters. The standard InChI is InChI=1S/C42H47N5O7/c1-28(2)20-35(38(48)23-39(49)53-25-29-12-5-3-6-13-29)45-41(51)37(22-33-24-43-27-44-33)46-40(50)36(47-42(52)54-26-30-14-7-4-8-15-30)21-32-18-11-17-31-16-9-10-19-34(31)32/h3-19,24,27-28,35-38,48H,20-23,25-26H2,1-2H3,(H,43,44)(H,45,51)(H,46,50)(H,47,52)/t35-,36-,37-,38-/m0/s1. The third-order valence-electron chi connectivity index (χ3n) is 8.87. The molecule has 5 rings (SSSR count). The fourth-order valence-electron chi connectivity index (χ4n) is 6.12. The summed E-state index contributed by atoms with van der Waals surface area (Å²) in [5.41, 5.74) is 2.97. The molecule has 12 nitrogen and oxygen atoms in total. The largest absolute Gasteiger partial charge is 0.461 e. The number of nitrogens with zero attached hydrogens (tertiary/aromatic N) is 1. The van der Waals surface area contributed by atoms with Crippen molar-refractivity contribution in [2.45, 2.75) is 77.0 Å². The van der Waals surface area contributed by atoms with Crippen LogP contribution >= 0.6 is 0 Å². The zero-order chi connectivity index (χ0) is 38.3. The lowest BCUT2D eigenvalue weighted by Gasteiger charge is -2.28. The molecule has 282 valence electrons. The minimum Gasteiger partial charge on any atom is -0.461 e. The monoisotopic (exact) mass is 733 g/mol. The minimum atomic E-state index is -1.26. The second-order valence-electron chi connectivity index (χ2n) is 13.6. The van der Waals surface area contributed by atoms with Crippen molar-refractivity contribution < 1.29 is 33.8 Å². The number of alkyl carbamates (subject to hydrolysis) is 1. The average molecular weight is 734 g/mol. The highest BCUT2D eigenvalue weighted by Crippen LogP contribution is 2.20. The maximum atomic E-state index is 14.2.